The molecule has 1 fully saturated rings. The van der Waals surface area contributed by atoms with Gasteiger partial charge in [-0.2, -0.15) is 13.2 Å². The summed E-state index contributed by atoms with van der Waals surface area (Å²) < 4.78 is 38.6. The topological polar surface area (TPSA) is 87.5 Å². The summed E-state index contributed by atoms with van der Waals surface area (Å²) in [5.41, 5.74) is 6.64. The third-order valence-corrected chi connectivity index (χ3v) is 5.20. The van der Waals surface area contributed by atoms with Crippen molar-refractivity contribution in [2.75, 3.05) is 25.4 Å². The lowest BCUT2D eigenvalue weighted by molar-refractivity contribution is -0.137. The summed E-state index contributed by atoms with van der Waals surface area (Å²) in [5, 5.41) is 5.19. The zero-order valence-corrected chi connectivity index (χ0v) is 17.1. The van der Waals surface area contributed by atoms with E-state index in [1.807, 2.05) is 6.92 Å². The number of hydrogen-bond donors (Lipinski definition) is 3. The van der Waals surface area contributed by atoms with Crippen molar-refractivity contribution in [3.63, 3.8) is 0 Å². The van der Waals surface area contributed by atoms with E-state index in [0.717, 1.165) is 31.6 Å². The van der Waals surface area contributed by atoms with Crippen molar-refractivity contribution in [2.24, 2.45) is 0 Å². The van der Waals surface area contributed by atoms with E-state index < -0.39 is 23.6 Å². The van der Waals surface area contributed by atoms with E-state index in [1.54, 1.807) is 0 Å². The number of nitrogens with zero attached hydrogens (tertiary/aromatic N) is 1. The average Bonchev–Trinajstić information content (AvgIpc) is 3.14. The molecule has 166 valence electrons. The number of nitrogens with one attached hydrogen (secondary N) is 2. The second kappa shape index (κ2) is 9.38. The lowest BCUT2D eigenvalue weighted by Crippen LogP contribution is -2.43. The van der Waals surface area contributed by atoms with Gasteiger partial charge in [0, 0.05) is 31.4 Å². The molecule has 9 heteroatoms. The number of hydrogen-bond acceptors (Lipinski definition) is 4. The molecule has 2 aromatic carbocycles. The Balaban J connectivity index is 1.47. The SMILES string of the molecule is Cc1ccc(CN2CC[C@@H](NC(=O)CNC(=O)c3cc(C(F)(F)F)ccc3N)C2)cc1. The van der Waals surface area contributed by atoms with Crippen molar-refractivity contribution >= 4 is 17.5 Å². The molecule has 1 atom stereocenters. The first kappa shape index (κ1) is 22.6. The average molecular weight is 434 g/mol. The molecule has 0 unspecified atom stereocenters. The Labute approximate surface area is 178 Å². The second-order valence-electron chi connectivity index (χ2n) is 7.76. The van der Waals surface area contributed by atoms with Gasteiger partial charge in [-0.15, -0.1) is 0 Å². The minimum absolute atomic E-state index is 0.0477. The van der Waals surface area contributed by atoms with Crippen LogP contribution in [-0.2, 0) is 17.5 Å². The van der Waals surface area contributed by atoms with E-state index in [1.165, 1.54) is 11.1 Å². The first-order valence-electron chi connectivity index (χ1n) is 9.94. The van der Waals surface area contributed by atoms with Gasteiger partial charge in [0.25, 0.3) is 5.91 Å². The monoisotopic (exact) mass is 434 g/mol. The molecule has 6 nitrogen and oxygen atoms in total. The van der Waals surface area contributed by atoms with Gasteiger partial charge in [-0.25, -0.2) is 0 Å². The van der Waals surface area contributed by atoms with Gasteiger partial charge in [-0.05, 0) is 37.1 Å². The number of benzene rings is 2. The van der Waals surface area contributed by atoms with Crippen molar-refractivity contribution in [1.29, 1.82) is 0 Å². The van der Waals surface area contributed by atoms with Crippen molar-refractivity contribution in [1.82, 2.24) is 15.5 Å². The van der Waals surface area contributed by atoms with Crippen LogP contribution in [0.2, 0.25) is 0 Å². The van der Waals surface area contributed by atoms with Crippen LogP contribution in [0.25, 0.3) is 0 Å². The molecule has 2 amide bonds. The summed E-state index contributed by atoms with van der Waals surface area (Å²) in [5.74, 6) is -1.23. The number of anilines is 1. The lowest BCUT2D eigenvalue weighted by Gasteiger charge is -2.17. The molecule has 0 bridgehead atoms. The molecule has 1 saturated heterocycles. The Hall–Kier alpha value is -3.07. The molecule has 0 radical (unpaired) electrons. The predicted octanol–water partition coefficient (Wildman–Crippen LogP) is 2.72. The van der Waals surface area contributed by atoms with Crippen molar-refractivity contribution in [3.8, 4) is 0 Å². The van der Waals surface area contributed by atoms with Gasteiger partial charge < -0.3 is 16.4 Å². The number of amides is 2. The summed E-state index contributed by atoms with van der Waals surface area (Å²) >= 11 is 0. The number of halogens is 3. The highest BCUT2D eigenvalue weighted by molar-refractivity contribution is 6.00. The van der Waals surface area contributed by atoms with Crippen LogP contribution in [0, 0.1) is 6.92 Å². The number of likely N-dealkylation sites (tertiary alicyclic amines) is 1. The fourth-order valence-corrected chi connectivity index (χ4v) is 3.51. The quantitative estimate of drug-likeness (QED) is 0.610. The van der Waals surface area contributed by atoms with Crippen LogP contribution in [0.1, 0.15) is 33.5 Å². The molecule has 1 heterocycles. The van der Waals surface area contributed by atoms with Gasteiger partial charge in [-0.3, -0.25) is 14.5 Å². The van der Waals surface area contributed by atoms with Crippen LogP contribution in [0.3, 0.4) is 0 Å². The third kappa shape index (κ3) is 6.21. The standard InChI is InChI=1S/C22H25F3N4O2/c1-14-2-4-15(5-3-14)12-29-9-8-17(13-29)28-20(30)11-27-21(31)18-10-16(22(23,24)25)6-7-19(18)26/h2-7,10,17H,8-9,11-13,26H2,1H3,(H,27,31)(H,28,30)/t17-/m1/s1. The van der Waals surface area contributed by atoms with Crippen LogP contribution in [0.4, 0.5) is 18.9 Å². The fraction of sp³-hybridized carbons (Fsp3) is 0.364. The molecule has 0 saturated carbocycles. The van der Waals surface area contributed by atoms with Gasteiger partial charge in [0.15, 0.2) is 0 Å². The largest absolute Gasteiger partial charge is 0.416 e. The molecule has 1 aliphatic heterocycles. The number of nitrogens with two attached hydrogens (primary N) is 1. The van der Waals surface area contributed by atoms with E-state index in [2.05, 4.69) is 39.8 Å². The first-order chi connectivity index (χ1) is 14.6. The maximum absolute atomic E-state index is 12.9. The van der Waals surface area contributed by atoms with Crippen molar-refractivity contribution in [2.45, 2.75) is 32.1 Å². The van der Waals surface area contributed by atoms with E-state index in [-0.39, 0.29) is 23.8 Å². The highest BCUT2D eigenvalue weighted by Crippen LogP contribution is 2.31. The summed E-state index contributed by atoms with van der Waals surface area (Å²) in [6.07, 6.45) is -3.81. The van der Waals surface area contributed by atoms with Gasteiger partial charge >= 0.3 is 6.18 Å². The third-order valence-electron chi connectivity index (χ3n) is 5.20. The number of alkyl halides is 3. The van der Waals surface area contributed by atoms with Crippen LogP contribution in [-0.4, -0.2) is 42.4 Å². The Morgan fingerprint density at radius 3 is 2.55 bits per heavy atom. The Morgan fingerprint density at radius 1 is 1.16 bits per heavy atom. The number of aryl methyl sites for hydroxylation is 1. The number of carbonyl (C=O) groups excluding carboxylic acids is 2. The summed E-state index contributed by atoms with van der Waals surface area (Å²) in [6.45, 7) is 4.01. The van der Waals surface area contributed by atoms with Gasteiger partial charge in [0.2, 0.25) is 5.91 Å². The summed E-state index contributed by atoms with van der Waals surface area (Å²) in [6, 6.07) is 10.7. The highest BCUT2D eigenvalue weighted by atomic mass is 19.4. The van der Waals surface area contributed by atoms with Crippen LogP contribution < -0.4 is 16.4 Å². The lowest BCUT2D eigenvalue weighted by atomic mass is 10.1. The molecule has 0 aliphatic carbocycles. The molecule has 31 heavy (non-hydrogen) atoms. The normalized spacial score (nSPS) is 16.8. The van der Waals surface area contributed by atoms with Crippen LogP contribution in [0.15, 0.2) is 42.5 Å². The summed E-state index contributed by atoms with van der Waals surface area (Å²) in [4.78, 5) is 26.6. The molecule has 1 aliphatic rings. The fourth-order valence-electron chi connectivity index (χ4n) is 3.51. The van der Waals surface area contributed by atoms with Crippen molar-refractivity contribution < 1.29 is 22.8 Å². The predicted molar refractivity (Wildman–Crippen MR) is 111 cm³/mol. The number of nitrogen functional groups attached to an aromatic ring is 1. The van der Waals surface area contributed by atoms with Gasteiger partial charge in [-0.1, -0.05) is 29.8 Å². The molecular formula is C22H25F3N4O2. The number of carbonyl (C=O) groups is 2. The Kier molecular flexibility index (Phi) is 6.84. The number of rotatable bonds is 6. The molecule has 2 aromatic rings. The Morgan fingerprint density at radius 2 is 1.87 bits per heavy atom. The van der Waals surface area contributed by atoms with E-state index in [9.17, 15) is 22.8 Å². The Bertz CT molecular complexity index is 945. The molecule has 0 spiro atoms. The molecule has 4 N–H and O–H groups in total. The minimum Gasteiger partial charge on any atom is -0.398 e. The second-order valence-corrected chi connectivity index (χ2v) is 7.76. The maximum Gasteiger partial charge on any atom is 0.416 e. The van der Waals surface area contributed by atoms with E-state index in [0.29, 0.717) is 12.6 Å². The zero-order chi connectivity index (χ0) is 22.6. The first-order valence-corrected chi connectivity index (χ1v) is 9.94. The zero-order valence-electron chi connectivity index (χ0n) is 17.1. The maximum atomic E-state index is 12.9. The summed E-state index contributed by atoms with van der Waals surface area (Å²) in [7, 11) is 0. The smallest absolute Gasteiger partial charge is 0.398 e. The van der Waals surface area contributed by atoms with Gasteiger partial charge in [0.05, 0.1) is 17.7 Å². The van der Waals surface area contributed by atoms with Crippen LogP contribution >= 0.6 is 0 Å². The molecule has 3 rings (SSSR count). The molecular weight excluding hydrogens is 409 g/mol. The minimum atomic E-state index is -4.59. The van der Waals surface area contributed by atoms with E-state index in [4.69, 9.17) is 5.73 Å². The van der Waals surface area contributed by atoms with Gasteiger partial charge in [0.1, 0.15) is 0 Å². The van der Waals surface area contributed by atoms with E-state index >= 15 is 0 Å². The van der Waals surface area contributed by atoms with Crippen molar-refractivity contribution in [3.05, 3.63) is 64.7 Å². The van der Waals surface area contributed by atoms with Crippen LogP contribution in [0.5, 0.6) is 0 Å². The molecule has 0 aromatic heterocycles. The highest BCUT2D eigenvalue weighted by Gasteiger charge is 2.31.